The van der Waals surface area contributed by atoms with E-state index in [1.807, 2.05) is 0 Å². The number of thiophene rings is 1. The molecule has 1 unspecified atom stereocenters. The van der Waals surface area contributed by atoms with Crippen LogP contribution in [-0.4, -0.2) is 22.5 Å². The Labute approximate surface area is 205 Å². The number of aryl methyl sites for hydroxylation is 1. The number of carbonyl (C=O) groups excluding carboxylic acids is 1. The van der Waals surface area contributed by atoms with Gasteiger partial charge in [0.2, 0.25) is 0 Å². The Balaban J connectivity index is 1.44. The minimum absolute atomic E-state index is 0.208. The molecule has 0 radical (unpaired) electrons. The zero-order valence-electron chi connectivity index (χ0n) is 19.4. The fraction of sp³-hybridized carbons (Fsp3) is 0.259. The predicted molar refractivity (Wildman–Crippen MR) is 135 cm³/mol. The van der Waals surface area contributed by atoms with Crippen molar-refractivity contribution in [2.24, 2.45) is 5.92 Å². The number of fused-ring (bicyclic) bond motifs is 3. The molecule has 0 bridgehead atoms. The number of carbonyl (C=O) groups is 1. The lowest BCUT2D eigenvalue weighted by atomic mass is 9.89. The molecule has 0 spiro atoms. The molecule has 3 heterocycles. The molecule has 0 amide bonds. The van der Waals surface area contributed by atoms with Crippen LogP contribution in [-0.2, 0) is 17.6 Å². The first kappa shape index (κ1) is 22.8. The Bertz CT molecular complexity index is 1550. The van der Waals surface area contributed by atoms with Crippen LogP contribution < -0.4 is 5.56 Å². The Morgan fingerprint density at radius 1 is 1.31 bits per heavy atom. The van der Waals surface area contributed by atoms with Crippen LogP contribution in [0.15, 0.2) is 45.6 Å². The van der Waals surface area contributed by atoms with Crippen molar-refractivity contribution in [3.63, 3.8) is 0 Å². The van der Waals surface area contributed by atoms with Gasteiger partial charge in [-0.1, -0.05) is 19.1 Å². The van der Waals surface area contributed by atoms with Crippen LogP contribution in [0.25, 0.3) is 33.2 Å². The number of aromatic amines is 1. The number of H-pyrrole nitrogens is 1. The van der Waals surface area contributed by atoms with Crippen molar-refractivity contribution in [2.75, 3.05) is 6.61 Å². The van der Waals surface area contributed by atoms with Gasteiger partial charge in [-0.25, -0.2) is 9.78 Å². The number of rotatable bonds is 5. The quantitative estimate of drug-likeness (QED) is 0.291. The van der Waals surface area contributed by atoms with Gasteiger partial charge in [-0.3, -0.25) is 4.79 Å². The molecule has 1 aliphatic rings. The van der Waals surface area contributed by atoms with Crippen LogP contribution in [0.2, 0.25) is 0 Å². The summed E-state index contributed by atoms with van der Waals surface area (Å²) in [6.45, 7) is 4.30. The van der Waals surface area contributed by atoms with Gasteiger partial charge in [0.15, 0.2) is 5.82 Å². The zero-order valence-corrected chi connectivity index (χ0v) is 20.2. The van der Waals surface area contributed by atoms with Crippen LogP contribution in [0.4, 0.5) is 0 Å². The summed E-state index contributed by atoms with van der Waals surface area (Å²) in [4.78, 5) is 34.1. The van der Waals surface area contributed by atoms with Crippen molar-refractivity contribution >= 4 is 39.2 Å². The Hall–Kier alpha value is -3.96. The van der Waals surface area contributed by atoms with Gasteiger partial charge >= 0.3 is 5.97 Å². The van der Waals surface area contributed by atoms with Crippen LogP contribution in [0.1, 0.15) is 52.7 Å². The molecule has 7 nitrogen and oxygen atoms in total. The first-order valence-corrected chi connectivity index (χ1v) is 12.3. The highest BCUT2D eigenvalue weighted by Gasteiger charge is 2.23. The Morgan fingerprint density at radius 2 is 2.11 bits per heavy atom. The molecule has 4 aromatic rings. The highest BCUT2D eigenvalue weighted by Crippen LogP contribution is 2.36. The van der Waals surface area contributed by atoms with E-state index in [4.69, 9.17) is 9.15 Å². The lowest BCUT2D eigenvalue weighted by Crippen LogP contribution is -2.14. The number of nitrogens with one attached hydrogen (secondary N) is 1. The normalized spacial score (nSPS) is 15.6. The van der Waals surface area contributed by atoms with E-state index in [0.717, 1.165) is 30.4 Å². The maximum Gasteiger partial charge on any atom is 0.338 e. The van der Waals surface area contributed by atoms with E-state index in [1.54, 1.807) is 60.7 Å². The SMILES string of the molecule is CCOC(=O)c1ccc(-c2ccc(/C=C(/C#N)c3nc4sc5c(c4c(=O)[nH]3)CCC(C)C5)o2)cc1. The third-order valence-corrected chi connectivity index (χ3v) is 7.28. The molecule has 5 rings (SSSR count). The van der Waals surface area contributed by atoms with Gasteiger partial charge in [-0.15, -0.1) is 11.3 Å². The summed E-state index contributed by atoms with van der Waals surface area (Å²) in [6.07, 6.45) is 4.48. The third-order valence-electron chi connectivity index (χ3n) is 6.13. The van der Waals surface area contributed by atoms with Crippen molar-refractivity contribution in [3.8, 4) is 17.4 Å². The summed E-state index contributed by atoms with van der Waals surface area (Å²) in [5.74, 6) is 1.49. The van der Waals surface area contributed by atoms with E-state index < -0.39 is 0 Å². The molecule has 1 aliphatic carbocycles. The molecule has 1 atom stereocenters. The van der Waals surface area contributed by atoms with Gasteiger partial charge in [0.1, 0.15) is 22.4 Å². The van der Waals surface area contributed by atoms with E-state index >= 15 is 0 Å². The lowest BCUT2D eigenvalue weighted by molar-refractivity contribution is 0.0526. The molecule has 0 saturated heterocycles. The first-order chi connectivity index (χ1) is 17.0. The predicted octanol–water partition coefficient (Wildman–Crippen LogP) is 5.61. The molecule has 0 saturated carbocycles. The second-order valence-corrected chi connectivity index (χ2v) is 9.70. The molecular formula is C27H23N3O4S. The highest BCUT2D eigenvalue weighted by molar-refractivity contribution is 7.18. The maximum absolute atomic E-state index is 12.9. The molecule has 0 fully saturated rings. The Morgan fingerprint density at radius 3 is 2.86 bits per heavy atom. The summed E-state index contributed by atoms with van der Waals surface area (Å²) >= 11 is 1.55. The molecule has 8 heteroatoms. The summed E-state index contributed by atoms with van der Waals surface area (Å²) in [5, 5.41) is 10.4. The van der Waals surface area contributed by atoms with E-state index in [9.17, 15) is 14.9 Å². The molecule has 1 aromatic carbocycles. The van der Waals surface area contributed by atoms with Crippen LogP contribution in [0, 0.1) is 17.2 Å². The monoisotopic (exact) mass is 485 g/mol. The van der Waals surface area contributed by atoms with Crippen molar-refractivity contribution in [1.29, 1.82) is 5.26 Å². The smallest absolute Gasteiger partial charge is 0.338 e. The molecule has 0 aliphatic heterocycles. The summed E-state index contributed by atoms with van der Waals surface area (Å²) in [5.41, 5.74) is 2.35. The van der Waals surface area contributed by atoms with Gasteiger partial charge in [0, 0.05) is 16.5 Å². The second-order valence-electron chi connectivity index (χ2n) is 8.62. The van der Waals surface area contributed by atoms with Gasteiger partial charge < -0.3 is 14.1 Å². The van der Waals surface area contributed by atoms with E-state index in [2.05, 4.69) is 23.0 Å². The standard InChI is InChI=1S/C27H23N3O4S/c1-3-33-27(32)17-7-5-16(6-8-17)21-11-9-19(34-21)13-18(14-28)24-29-25(31)23-20-10-4-15(2)12-22(20)35-26(23)30-24/h5-9,11,13,15H,3-4,10,12H2,1-2H3,(H,29,30,31)/b18-13-. The van der Waals surface area contributed by atoms with Crippen LogP contribution in [0.3, 0.4) is 0 Å². The highest BCUT2D eigenvalue weighted by atomic mass is 32.1. The van der Waals surface area contributed by atoms with Gasteiger partial charge in [-0.05, 0) is 61.9 Å². The van der Waals surface area contributed by atoms with Gasteiger partial charge in [0.25, 0.3) is 5.56 Å². The average Bonchev–Trinajstić information content (AvgIpc) is 3.47. The van der Waals surface area contributed by atoms with Crippen LogP contribution in [0.5, 0.6) is 0 Å². The molecule has 35 heavy (non-hydrogen) atoms. The zero-order chi connectivity index (χ0) is 24.5. The number of esters is 1. The van der Waals surface area contributed by atoms with Crippen molar-refractivity contribution < 1.29 is 13.9 Å². The van der Waals surface area contributed by atoms with Gasteiger partial charge in [0.05, 0.1) is 23.1 Å². The molecule has 1 N–H and O–H groups in total. The summed E-state index contributed by atoms with van der Waals surface area (Å²) in [6, 6.07) is 12.6. The minimum atomic E-state index is -0.375. The molecule has 3 aromatic heterocycles. The summed E-state index contributed by atoms with van der Waals surface area (Å²) < 4.78 is 10.9. The number of aromatic nitrogens is 2. The summed E-state index contributed by atoms with van der Waals surface area (Å²) in [7, 11) is 0. The minimum Gasteiger partial charge on any atom is -0.462 e. The Kier molecular flexibility index (Phi) is 6.10. The number of benzene rings is 1. The number of nitriles is 1. The van der Waals surface area contributed by atoms with Crippen molar-refractivity contribution in [1.82, 2.24) is 9.97 Å². The second kappa shape index (κ2) is 9.35. The van der Waals surface area contributed by atoms with E-state index in [1.165, 1.54) is 4.88 Å². The van der Waals surface area contributed by atoms with Crippen LogP contribution >= 0.6 is 11.3 Å². The van der Waals surface area contributed by atoms with Gasteiger partial charge in [-0.2, -0.15) is 5.26 Å². The largest absolute Gasteiger partial charge is 0.462 e. The number of hydrogen-bond donors (Lipinski definition) is 1. The van der Waals surface area contributed by atoms with Crippen molar-refractivity contribution in [3.05, 3.63) is 74.3 Å². The number of hydrogen-bond acceptors (Lipinski definition) is 7. The van der Waals surface area contributed by atoms with E-state index in [-0.39, 0.29) is 22.9 Å². The lowest BCUT2D eigenvalue weighted by Gasteiger charge is -2.17. The molecular weight excluding hydrogens is 462 g/mol. The van der Waals surface area contributed by atoms with Crippen molar-refractivity contribution in [2.45, 2.75) is 33.1 Å². The fourth-order valence-corrected chi connectivity index (χ4v) is 5.73. The van der Waals surface area contributed by atoms with E-state index in [0.29, 0.717) is 39.8 Å². The maximum atomic E-state index is 12.9. The third kappa shape index (κ3) is 4.43. The number of furan rings is 1. The molecule has 176 valence electrons. The number of ether oxygens (including phenoxy) is 1. The number of nitrogens with zero attached hydrogens (tertiary/aromatic N) is 2. The number of allylic oxidation sites excluding steroid dienone is 1. The fourth-order valence-electron chi connectivity index (χ4n) is 4.34. The first-order valence-electron chi connectivity index (χ1n) is 11.5. The topological polar surface area (TPSA) is 109 Å². The average molecular weight is 486 g/mol.